The van der Waals surface area contributed by atoms with Gasteiger partial charge in [-0.3, -0.25) is 9.88 Å². The normalized spacial score (nSPS) is 22.2. The number of aromatic nitrogens is 1. The topological polar surface area (TPSA) is 28.2 Å². The number of pyridine rings is 1. The molecule has 2 aromatic rings. The number of piperazine rings is 1. The van der Waals surface area contributed by atoms with Gasteiger partial charge in [0.05, 0.1) is 5.52 Å². The summed E-state index contributed by atoms with van der Waals surface area (Å²) < 4.78 is 0. The van der Waals surface area contributed by atoms with Gasteiger partial charge in [0.2, 0.25) is 0 Å². The molecule has 1 spiro atoms. The van der Waals surface area contributed by atoms with Gasteiger partial charge in [-0.25, -0.2) is 0 Å². The van der Waals surface area contributed by atoms with E-state index in [0.717, 1.165) is 26.2 Å². The quantitative estimate of drug-likeness (QED) is 0.921. The fraction of sp³-hybridized carbons (Fsp3) is 0.526. The van der Waals surface area contributed by atoms with Crippen LogP contribution in [-0.4, -0.2) is 35.1 Å². The average molecular weight is 295 g/mol. The first-order valence-electron chi connectivity index (χ1n) is 8.66. The van der Waals surface area contributed by atoms with Gasteiger partial charge in [0.15, 0.2) is 0 Å². The molecule has 0 unspecified atom stereocenters. The van der Waals surface area contributed by atoms with Crippen molar-refractivity contribution in [1.29, 1.82) is 0 Å². The molecule has 22 heavy (non-hydrogen) atoms. The van der Waals surface area contributed by atoms with E-state index in [0.29, 0.717) is 5.54 Å². The van der Waals surface area contributed by atoms with Crippen LogP contribution in [0.3, 0.4) is 0 Å². The summed E-state index contributed by atoms with van der Waals surface area (Å²) in [5, 5.41) is 4.90. The number of fused-ring (bicyclic) bond motifs is 1. The molecule has 1 aliphatic heterocycles. The average Bonchev–Trinajstić information content (AvgIpc) is 2.58. The van der Waals surface area contributed by atoms with Crippen LogP contribution in [0.1, 0.15) is 37.7 Å². The Kier molecular flexibility index (Phi) is 3.85. The van der Waals surface area contributed by atoms with E-state index < -0.39 is 0 Å². The molecule has 3 heteroatoms. The van der Waals surface area contributed by atoms with Gasteiger partial charge in [0, 0.05) is 43.3 Å². The molecule has 2 fully saturated rings. The van der Waals surface area contributed by atoms with Crippen molar-refractivity contribution in [2.24, 2.45) is 0 Å². The second-order valence-corrected chi connectivity index (χ2v) is 6.88. The Morgan fingerprint density at radius 1 is 1.09 bits per heavy atom. The van der Waals surface area contributed by atoms with Crippen LogP contribution in [0.15, 0.2) is 36.5 Å². The van der Waals surface area contributed by atoms with E-state index in [2.05, 4.69) is 39.5 Å². The number of hydrogen-bond donors (Lipinski definition) is 1. The molecule has 1 aliphatic carbocycles. The Morgan fingerprint density at radius 3 is 2.86 bits per heavy atom. The van der Waals surface area contributed by atoms with Crippen molar-refractivity contribution >= 4 is 10.9 Å². The van der Waals surface area contributed by atoms with Gasteiger partial charge < -0.3 is 5.32 Å². The van der Waals surface area contributed by atoms with Gasteiger partial charge >= 0.3 is 0 Å². The van der Waals surface area contributed by atoms with E-state index >= 15 is 0 Å². The van der Waals surface area contributed by atoms with Crippen molar-refractivity contribution < 1.29 is 0 Å². The predicted molar refractivity (Wildman–Crippen MR) is 90.8 cm³/mol. The van der Waals surface area contributed by atoms with Gasteiger partial charge in [-0.15, -0.1) is 0 Å². The van der Waals surface area contributed by atoms with Crippen molar-refractivity contribution in [3.05, 3.63) is 42.1 Å². The van der Waals surface area contributed by atoms with Gasteiger partial charge in [0.25, 0.3) is 0 Å². The number of nitrogens with zero attached hydrogens (tertiary/aromatic N) is 2. The van der Waals surface area contributed by atoms with Crippen molar-refractivity contribution in [3.8, 4) is 0 Å². The molecule has 1 saturated heterocycles. The van der Waals surface area contributed by atoms with Gasteiger partial charge in [-0.1, -0.05) is 43.5 Å². The van der Waals surface area contributed by atoms with E-state index in [1.165, 1.54) is 48.6 Å². The molecule has 1 saturated carbocycles. The lowest BCUT2D eigenvalue weighted by Gasteiger charge is -2.50. The van der Waals surface area contributed by atoms with E-state index in [1.807, 2.05) is 12.3 Å². The maximum Gasteiger partial charge on any atom is 0.0746 e. The lowest BCUT2D eigenvalue weighted by atomic mass is 9.79. The van der Waals surface area contributed by atoms with Gasteiger partial charge in [-0.2, -0.15) is 0 Å². The van der Waals surface area contributed by atoms with Gasteiger partial charge in [-0.05, 0) is 24.5 Å². The Balaban J connectivity index is 1.65. The van der Waals surface area contributed by atoms with Crippen molar-refractivity contribution in [1.82, 2.24) is 15.2 Å². The minimum atomic E-state index is 0.382. The molecule has 1 aromatic carbocycles. The second-order valence-electron chi connectivity index (χ2n) is 6.88. The summed E-state index contributed by atoms with van der Waals surface area (Å²) in [6.45, 7) is 4.46. The van der Waals surface area contributed by atoms with Crippen LogP contribution >= 0.6 is 0 Å². The number of hydrogen-bond acceptors (Lipinski definition) is 3. The molecule has 0 radical (unpaired) electrons. The SMILES string of the molecule is c1cnc2c(CN3CCNCC34CCCCC4)cccc2c1. The summed E-state index contributed by atoms with van der Waals surface area (Å²) in [7, 11) is 0. The molecule has 1 aromatic heterocycles. The maximum atomic E-state index is 4.64. The van der Waals surface area contributed by atoms with Crippen LogP contribution in [0, 0.1) is 0 Å². The van der Waals surface area contributed by atoms with E-state index in [-0.39, 0.29) is 0 Å². The summed E-state index contributed by atoms with van der Waals surface area (Å²) >= 11 is 0. The molecule has 3 nitrogen and oxygen atoms in total. The zero-order valence-corrected chi connectivity index (χ0v) is 13.2. The third-order valence-corrected chi connectivity index (χ3v) is 5.55. The number of rotatable bonds is 2. The van der Waals surface area contributed by atoms with E-state index in [1.54, 1.807) is 0 Å². The van der Waals surface area contributed by atoms with Crippen molar-refractivity contribution in [3.63, 3.8) is 0 Å². The minimum Gasteiger partial charge on any atom is -0.314 e. The molecule has 2 heterocycles. The number of nitrogens with one attached hydrogen (secondary N) is 1. The first-order chi connectivity index (χ1) is 10.9. The van der Waals surface area contributed by atoms with Crippen LogP contribution in [-0.2, 0) is 6.54 Å². The van der Waals surface area contributed by atoms with Crippen molar-refractivity contribution in [2.75, 3.05) is 19.6 Å². The monoisotopic (exact) mass is 295 g/mol. The Morgan fingerprint density at radius 2 is 1.95 bits per heavy atom. The number of benzene rings is 1. The maximum absolute atomic E-state index is 4.64. The lowest BCUT2D eigenvalue weighted by Crippen LogP contribution is -2.61. The molecular weight excluding hydrogens is 270 g/mol. The summed E-state index contributed by atoms with van der Waals surface area (Å²) in [4.78, 5) is 7.38. The largest absolute Gasteiger partial charge is 0.314 e. The fourth-order valence-corrected chi connectivity index (χ4v) is 4.33. The van der Waals surface area contributed by atoms with E-state index in [4.69, 9.17) is 0 Å². The molecule has 0 bridgehead atoms. The second kappa shape index (κ2) is 5.98. The predicted octanol–water partition coefficient (Wildman–Crippen LogP) is 3.34. The van der Waals surface area contributed by atoms with Crippen LogP contribution in [0.4, 0.5) is 0 Å². The molecule has 116 valence electrons. The number of para-hydroxylation sites is 1. The summed E-state index contributed by atoms with van der Waals surface area (Å²) in [5.74, 6) is 0. The smallest absolute Gasteiger partial charge is 0.0746 e. The summed E-state index contributed by atoms with van der Waals surface area (Å²) in [5.41, 5.74) is 2.94. The molecule has 0 atom stereocenters. The molecule has 4 rings (SSSR count). The molecule has 2 aliphatic rings. The highest BCUT2D eigenvalue weighted by Gasteiger charge is 2.39. The van der Waals surface area contributed by atoms with Crippen LogP contribution < -0.4 is 5.32 Å². The lowest BCUT2D eigenvalue weighted by molar-refractivity contribution is 0.0211. The Labute approximate surface area is 132 Å². The highest BCUT2D eigenvalue weighted by molar-refractivity contribution is 5.81. The Bertz CT molecular complexity index is 632. The minimum absolute atomic E-state index is 0.382. The fourth-order valence-electron chi connectivity index (χ4n) is 4.33. The zero-order chi connectivity index (χ0) is 14.8. The summed E-state index contributed by atoms with van der Waals surface area (Å²) in [6.07, 6.45) is 8.78. The molecular formula is C19H25N3. The first kappa shape index (κ1) is 14.2. The highest BCUT2D eigenvalue weighted by atomic mass is 15.3. The van der Waals surface area contributed by atoms with Crippen LogP contribution in [0.2, 0.25) is 0 Å². The summed E-state index contributed by atoms with van der Waals surface area (Å²) in [6, 6.07) is 10.8. The van der Waals surface area contributed by atoms with Crippen LogP contribution in [0.25, 0.3) is 10.9 Å². The molecule has 0 amide bonds. The van der Waals surface area contributed by atoms with E-state index in [9.17, 15) is 0 Å². The highest BCUT2D eigenvalue weighted by Crippen LogP contribution is 2.36. The molecule has 1 N–H and O–H groups in total. The standard InChI is InChI=1S/C19H25N3/c1-2-9-19(10-3-1)15-20-12-13-22(19)14-17-7-4-6-16-8-5-11-21-18(16)17/h4-8,11,20H,1-3,9-10,12-15H2. The Hall–Kier alpha value is -1.45. The first-order valence-corrected chi connectivity index (χ1v) is 8.66. The third kappa shape index (κ3) is 2.53. The zero-order valence-electron chi connectivity index (χ0n) is 13.2. The van der Waals surface area contributed by atoms with Crippen LogP contribution in [0.5, 0.6) is 0 Å². The third-order valence-electron chi connectivity index (χ3n) is 5.55. The van der Waals surface area contributed by atoms with Gasteiger partial charge in [0.1, 0.15) is 0 Å². The van der Waals surface area contributed by atoms with Crippen molar-refractivity contribution in [2.45, 2.75) is 44.2 Å².